The van der Waals surface area contributed by atoms with Gasteiger partial charge in [-0.25, -0.2) is 13.1 Å². The van der Waals surface area contributed by atoms with Crippen LogP contribution in [-0.2, 0) is 14.8 Å². The summed E-state index contributed by atoms with van der Waals surface area (Å²) < 4.78 is 31.4. The van der Waals surface area contributed by atoms with Crippen LogP contribution < -0.4 is 10.0 Å². The highest BCUT2D eigenvalue weighted by atomic mass is 32.2. The Morgan fingerprint density at radius 2 is 2.28 bits per heavy atom. The van der Waals surface area contributed by atoms with Crippen molar-refractivity contribution in [2.75, 3.05) is 38.6 Å². The molecule has 0 spiro atoms. The monoisotopic (exact) mass is 276 g/mol. The molecule has 0 radical (unpaired) electrons. The molecule has 0 aromatic rings. The summed E-state index contributed by atoms with van der Waals surface area (Å²) in [4.78, 5) is 0. The summed E-state index contributed by atoms with van der Waals surface area (Å²) in [6.07, 6.45) is 4.62. The van der Waals surface area contributed by atoms with Gasteiger partial charge in [0.2, 0.25) is 10.0 Å². The molecule has 1 saturated heterocycles. The molecule has 0 aromatic carbocycles. The van der Waals surface area contributed by atoms with Crippen LogP contribution in [-0.4, -0.2) is 47.0 Å². The number of rotatable bonds is 9. The first-order valence-corrected chi connectivity index (χ1v) is 8.16. The zero-order valence-electron chi connectivity index (χ0n) is 10.9. The second kappa shape index (κ2) is 8.63. The van der Waals surface area contributed by atoms with Gasteiger partial charge in [0.05, 0.1) is 19.0 Å². The van der Waals surface area contributed by atoms with E-state index in [0.717, 1.165) is 32.4 Å². The Morgan fingerprint density at radius 1 is 1.44 bits per heavy atom. The molecule has 0 saturated carbocycles. The van der Waals surface area contributed by atoms with Crippen molar-refractivity contribution in [2.45, 2.75) is 19.3 Å². The van der Waals surface area contributed by atoms with Gasteiger partial charge in [-0.05, 0) is 38.3 Å². The first-order chi connectivity index (χ1) is 8.64. The van der Waals surface area contributed by atoms with Gasteiger partial charge in [0, 0.05) is 6.54 Å². The second-order valence-corrected chi connectivity index (χ2v) is 6.43. The predicted molar refractivity (Wildman–Crippen MR) is 73.0 cm³/mol. The molecule has 1 rings (SSSR count). The number of hydrogen-bond donors (Lipinski definition) is 2. The molecular weight excluding hydrogens is 252 g/mol. The first-order valence-electron chi connectivity index (χ1n) is 6.51. The Balaban J connectivity index is 2.12. The molecule has 1 aliphatic rings. The summed E-state index contributed by atoms with van der Waals surface area (Å²) in [5, 5.41) is 3.22. The number of ether oxygens (including phenoxy) is 1. The molecular formula is C12H24N2O3S. The highest BCUT2D eigenvalue weighted by Gasteiger charge is 2.20. The summed E-state index contributed by atoms with van der Waals surface area (Å²) in [6, 6.07) is 0. The van der Waals surface area contributed by atoms with Gasteiger partial charge >= 0.3 is 0 Å². The van der Waals surface area contributed by atoms with E-state index in [1.807, 2.05) is 0 Å². The molecule has 106 valence electrons. The molecule has 1 atom stereocenters. The second-order valence-electron chi connectivity index (χ2n) is 4.58. The van der Waals surface area contributed by atoms with Crippen LogP contribution in [0, 0.1) is 5.92 Å². The van der Waals surface area contributed by atoms with Crippen molar-refractivity contribution < 1.29 is 13.2 Å². The lowest BCUT2D eigenvalue weighted by atomic mass is 10.0. The first kappa shape index (κ1) is 15.6. The zero-order chi connectivity index (χ0) is 13.3. The van der Waals surface area contributed by atoms with E-state index in [0.29, 0.717) is 19.8 Å². The Morgan fingerprint density at radius 3 is 2.94 bits per heavy atom. The van der Waals surface area contributed by atoms with Crippen LogP contribution in [0.25, 0.3) is 0 Å². The van der Waals surface area contributed by atoms with E-state index in [1.54, 1.807) is 6.08 Å². The average Bonchev–Trinajstić information content (AvgIpc) is 2.34. The number of hydrogen-bond acceptors (Lipinski definition) is 4. The highest BCUT2D eigenvalue weighted by Crippen LogP contribution is 2.11. The van der Waals surface area contributed by atoms with Crippen molar-refractivity contribution in [3.8, 4) is 0 Å². The Hall–Kier alpha value is -0.430. The molecule has 0 aliphatic carbocycles. The molecule has 1 unspecified atom stereocenters. The summed E-state index contributed by atoms with van der Waals surface area (Å²) in [5.41, 5.74) is 0. The Bertz CT molecular complexity index is 324. The fourth-order valence-corrected chi connectivity index (χ4v) is 3.39. The lowest BCUT2D eigenvalue weighted by Crippen LogP contribution is -2.38. The van der Waals surface area contributed by atoms with Gasteiger partial charge < -0.3 is 10.1 Å². The molecule has 0 amide bonds. The van der Waals surface area contributed by atoms with Crippen LogP contribution in [0.2, 0.25) is 0 Å². The third kappa shape index (κ3) is 7.10. The van der Waals surface area contributed by atoms with Gasteiger partial charge in [0.15, 0.2) is 0 Å². The topological polar surface area (TPSA) is 67.4 Å². The SMILES string of the molecule is C=CCCOCCNS(=O)(=O)CC1CCCNC1. The van der Waals surface area contributed by atoms with Crippen molar-refractivity contribution in [1.29, 1.82) is 0 Å². The molecule has 1 heterocycles. The fourth-order valence-electron chi connectivity index (χ4n) is 1.97. The zero-order valence-corrected chi connectivity index (χ0v) is 11.7. The van der Waals surface area contributed by atoms with Crippen molar-refractivity contribution in [3.05, 3.63) is 12.7 Å². The Labute approximate surface area is 110 Å². The van der Waals surface area contributed by atoms with E-state index in [-0.39, 0.29) is 11.7 Å². The largest absolute Gasteiger partial charge is 0.380 e. The molecule has 5 nitrogen and oxygen atoms in total. The normalized spacial score (nSPS) is 20.8. The van der Waals surface area contributed by atoms with Gasteiger partial charge in [-0.15, -0.1) is 6.58 Å². The van der Waals surface area contributed by atoms with E-state index in [1.165, 1.54) is 0 Å². The van der Waals surface area contributed by atoms with Crippen LogP contribution in [0.1, 0.15) is 19.3 Å². The van der Waals surface area contributed by atoms with E-state index in [2.05, 4.69) is 16.6 Å². The van der Waals surface area contributed by atoms with Crippen molar-refractivity contribution in [2.24, 2.45) is 5.92 Å². The van der Waals surface area contributed by atoms with Crippen LogP contribution in [0.4, 0.5) is 0 Å². The van der Waals surface area contributed by atoms with E-state index < -0.39 is 10.0 Å². The molecule has 0 bridgehead atoms. The van der Waals surface area contributed by atoms with Gasteiger partial charge in [-0.1, -0.05) is 6.08 Å². The summed E-state index contributed by atoms with van der Waals surface area (Å²) in [5.74, 6) is 0.449. The number of piperidine rings is 1. The average molecular weight is 276 g/mol. The van der Waals surface area contributed by atoms with Crippen LogP contribution in [0.3, 0.4) is 0 Å². The highest BCUT2D eigenvalue weighted by molar-refractivity contribution is 7.89. The molecule has 6 heteroatoms. The van der Waals surface area contributed by atoms with Crippen molar-refractivity contribution >= 4 is 10.0 Å². The number of sulfonamides is 1. The van der Waals surface area contributed by atoms with Gasteiger partial charge in [-0.3, -0.25) is 0 Å². The minimum Gasteiger partial charge on any atom is -0.380 e. The summed E-state index contributed by atoms with van der Waals surface area (Å²) in [6.45, 7) is 6.74. The molecule has 1 fully saturated rings. The lowest BCUT2D eigenvalue weighted by molar-refractivity contribution is 0.144. The molecule has 1 aliphatic heterocycles. The quantitative estimate of drug-likeness (QED) is 0.475. The maximum atomic E-state index is 11.8. The maximum absolute atomic E-state index is 11.8. The van der Waals surface area contributed by atoms with Gasteiger partial charge in [0.1, 0.15) is 0 Å². The van der Waals surface area contributed by atoms with E-state index >= 15 is 0 Å². The lowest BCUT2D eigenvalue weighted by Gasteiger charge is -2.22. The molecule has 0 aromatic heterocycles. The van der Waals surface area contributed by atoms with Crippen molar-refractivity contribution in [3.63, 3.8) is 0 Å². The molecule has 18 heavy (non-hydrogen) atoms. The van der Waals surface area contributed by atoms with Gasteiger partial charge in [0.25, 0.3) is 0 Å². The third-order valence-electron chi connectivity index (χ3n) is 2.89. The smallest absolute Gasteiger partial charge is 0.211 e. The van der Waals surface area contributed by atoms with Crippen LogP contribution in [0.5, 0.6) is 0 Å². The number of nitrogens with one attached hydrogen (secondary N) is 2. The summed E-state index contributed by atoms with van der Waals surface area (Å²) >= 11 is 0. The maximum Gasteiger partial charge on any atom is 0.211 e. The van der Waals surface area contributed by atoms with E-state index in [4.69, 9.17) is 4.74 Å². The molecule has 2 N–H and O–H groups in total. The minimum absolute atomic E-state index is 0.215. The standard InChI is InChI=1S/C12H24N2O3S/c1-2-3-8-17-9-7-14-18(15,16)11-12-5-4-6-13-10-12/h2,12-14H,1,3-11H2. The fraction of sp³-hybridized carbons (Fsp3) is 0.833. The van der Waals surface area contributed by atoms with Crippen LogP contribution in [0.15, 0.2) is 12.7 Å². The third-order valence-corrected chi connectivity index (χ3v) is 4.44. The minimum atomic E-state index is -3.16. The van der Waals surface area contributed by atoms with Crippen LogP contribution >= 0.6 is 0 Å². The van der Waals surface area contributed by atoms with Gasteiger partial charge in [-0.2, -0.15) is 0 Å². The summed E-state index contributed by atoms with van der Waals surface area (Å²) in [7, 11) is -3.16. The van der Waals surface area contributed by atoms with Crippen molar-refractivity contribution in [1.82, 2.24) is 10.0 Å². The predicted octanol–water partition coefficient (Wildman–Crippen LogP) is 0.498. The Kier molecular flexibility index (Phi) is 7.50. The van der Waals surface area contributed by atoms with E-state index in [9.17, 15) is 8.42 Å².